The predicted octanol–water partition coefficient (Wildman–Crippen LogP) is 8.43. The number of hydrogen-bond acceptors (Lipinski definition) is 10. The van der Waals surface area contributed by atoms with Crippen molar-refractivity contribution < 1.29 is 33.0 Å². The molecule has 2 N–H and O–H groups in total. The number of likely N-dealkylation sites (tertiary alicyclic amines) is 2. The molecule has 0 unspecified atom stereocenters. The number of pyridine rings is 1. The predicted molar refractivity (Wildman–Crippen MR) is 244 cm³/mol. The van der Waals surface area contributed by atoms with E-state index in [0.29, 0.717) is 72.8 Å². The molecular weight excluding hydrogens is 816 g/mol. The molecule has 1 spiro atoms. The SMILES string of the molecule is CCOC(=O)[C@@H]1CCCN(C2CC(N3C(=O)C4(CCN(C(=O)OC(C)(C)C)CC4)c4ccc(-c5cc6ncn(C(C)C)c6c(Nc6cc(C(=O)NC(C)C)c(C)cc6F)n5)cc43)C2)C1. The van der Waals surface area contributed by atoms with Crippen molar-refractivity contribution in [2.24, 2.45) is 5.92 Å². The number of imidazole rings is 1. The minimum atomic E-state index is -0.819. The lowest BCUT2D eigenvalue weighted by atomic mass is 9.73. The average Bonchev–Trinajstić information content (AvgIpc) is 3.75. The second kappa shape index (κ2) is 17.4. The lowest BCUT2D eigenvalue weighted by Crippen LogP contribution is -2.59. The van der Waals surface area contributed by atoms with Gasteiger partial charge >= 0.3 is 12.1 Å². The van der Waals surface area contributed by atoms with Crippen molar-refractivity contribution in [1.82, 2.24) is 29.7 Å². The van der Waals surface area contributed by atoms with Gasteiger partial charge in [-0.05, 0) is 143 Å². The Kier molecular flexibility index (Phi) is 12.3. The zero-order valence-electron chi connectivity index (χ0n) is 38.7. The summed E-state index contributed by atoms with van der Waals surface area (Å²) in [5.41, 5.74) is 3.95. The van der Waals surface area contributed by atoms with E-state index in [-0.39, 0.29) is 59.6 Å². The number of fused-ring (bicyclic) bond motifs is 3. The molecule has 14 nitrogen and oxygen atoms in total. The Bertz CT molecular complexity index is 2460. The molecule has 2 saturated heterocycles. The van der Waals surface area contributed by atoms with Gasteiger partial charge in [0.05, 0.1) is 41.2 Å². The zero-order valence-corrected chi connectivity index (χ0v) is 38.7. The molecule has 0 radical (unpaired) electrons. The van der Waals surface area contributed by atoms with Gasteiger partial charge in [0.15, 0.2) is 5.82 Å². The molecule has 4 aliphatic rings. The summed E-state index contributed by atoms with van der Waals surface area (Å²) in [5, 5.41) is 6.16. The van der Waals surface area contributed by atoms with Crippen molar-refractivity contribution in [3.63, 3.8) is 0 Å². The highest BCUT2D eigenvalue weighted by Crippen LogP contribution is 2.52. The zero-order chi connectivity index (χ0) is 45.8. The first-order valence-corrected chi connectivity index (χ1v) is 23.0. The number of anilines is 3. The van der Waals surface area contributed by atoms with E-state index in [1.165, 1.54) is 12.1 Å². The Labute approximate surface area is 375 Å². The first-order valence-electron chi connectivity index (χ1n) is 23.0. The monoisotopic (exact) mass is 878 g/mol. The summed E-state index contributed by atoms with van der Waals surface area (Å²) >= 11 is 0. The number of amides is 3. The van der Waals surface area contributed by atoms with Crippen LogP contribution in [0.25, 0.3) is 22.3 Å². The van der Waals surface area contributed by atoms with Gasteiger partial charge in [0.2, 0.25) is 5.91 Å². The Morgan fingerprint density at radius 1 is 1.00 bits per heavy atom. The van der Waals surface area contributed by atoms with Crippen LogP contribution < -0.4 is 15.5 Å². The molecule has 1 aliphatic carbocycles. The van der Waals surface area contributed by atoms with E-state index in [0.717, 1.165) is 49.0 Å². The van der Waals surface area contributed by atoms with Crippen molar-refractivity contribution in [3.8, 4) is 11.3 Å². The first kappa shape index (κ1) is 45.0. The molecule has 3 amide bonds. The Balaban J connectivity index is 1.15. The molecule has 342 valence electrons. The second-order valence-electron chi connectivity index (χ2n) is 19.7. The van der Waals surface area contributed by atoms with Crippen molar-refractivity contribution in [2.75, 3.05) is 43.0 Å². The lowest BCUT2D eigenvalue weighted by Gasteiger charge is -2.49. The van der Waals surface area contributed by atoms with E-state index >= 15 is 9.18 Å². The number of carbonyl (C=O) groups is 4. The number of hydrogen-bond donors (Lipinski definition) is 2. The second-order valence-corrected chi connectivity index (χ2v) is 19.7. The van der Waals surface area contributed by atoms with E-state index in [4.69, 9.17) is 19.4 Å². The molecule has 8 rings (SSSR count). The van der Waals surface area contributed by atoms with Crippen LogP contribution in [0.3, 0.4) is 0 Å². The van der Waals surface area contributed by atoms with Gasteiger partial charge in [-0.1, -0.05) is 12.1 Å². The molecule has 3 fully saturated rings. The lowest BCUT2D eigenvalue weighted by molar-refractivity contribution is -0.150. The van der Waals surface area contributed by atoms with Gasteiger partial charge in [0.25, 0.3) is 5.91 Å². The standard InChI is InChI=1S/C49H63FN8O6/c1-10-63-45(60)32-12-11-17-56(26-32)33-22-34(23-33)58-41-21-31(13-14-36(41)49(46(58)61)15-18-55(19-16-49)47(62)64-48(7,8)9)38-25-40-42(57(27-51-40)29(4)5)43(53-38)54-39-24-35(30(6)20-37(39)50)44(59)52-28(2)3/h13-14,20-21,24-25,27-29,32-34H,10-12,15-19,22-23,26H2,1-9H3,(H,52,59)(H,53,54)/t32-,33?,34?/m1/s1. The van der Waals surface area contributed by atoms with Crippen LogP contribution in [0.5, 0.6) is 0 Å². The number of ether oxygens (including phenoxy) is 2. The highest BCUT2D eigenvalue weighted by molar-refractivity contribution is 6.09. The molecule has 4 aromatic rings. The first-order chi connectivity index (χ1) is 30.4. The van der Waals surface area contributed by atoms with Gasteiger partial charge in [0, 0.05) is 60.6 Å². The third-order valence-electron chi connectivity index (χ3n) is 13.3. The van der Waals surface area contributed by atoms with E-state index in [1.54, 1.807) is 18.2 Å². The topological polar surface area (TPSA) is 151 Å². The van der Waals surface area contributed by atoms with Crippen LogP contribution in [0, 0.1) is 18.7 Å². The van der Waals surface area contributed by atoms with E-state index in [9.17, 15) is 14.4 Å². The van der Waals surface area contributed by atoms with Crippen LogP contribution in [0.2, 0.25) is 0 Å². The molecule has 1 atom stereocenters. The number of aryl methyl sites for hydroxylation is 1. The van der Waals surface area contributed by atoms with Gasteiger partial charge in [-0.3, -0.25) is 19.3 Å². The van der Waals surface area contributed by atoms with E-state index in [1.807, 2.05) is 89.1 Å². The minimum absolute atomic E-state index is 0.0122. The van der Waals surface area contributed by atoms with Crippen LogP contribution in [0.15, 0.2) is 42.7 Å². The van der Waals surface area contributed by atoms with Crippen LogP contribution >= 0.6 is 0 Å². The summed E-state index contributed by atoms with van der Waals surface area (Å²) < 4.78 is 28.9. The molecule has 5 heterocycles. The molecule has 2 aromatic carbocycles. The van der Waals surface area contributed by atoms with Gasteiger partial charge in [0.1, 0.15) is 16.9 Å². The average molecular weight is 879 g/mol. The number of nitrogens with zero attached hydrogens (tertiary/aromatic N) is 6. The quantitative estimate of drug-likeness (QED) is 0.149. The van der Waals surface area contributed by atoms with Gasteiger partial charge in [-0.15, -0.1) is 0 Å². The fourth-order valence-corrected chi connectivity index (χ4v) is 10.0. The largest absolute Gasteiger partial charge is 0.466 e. The van der Waals surface area contributed by atoms with Crippen LogP contribution in [-0.4, -0.2) is 105 Å². The Morgan fingerprint density at radius 2 is 1.73 bits per heavy atom. The van der Waals surface area contributed by atoms with Crippen molar-refractivity contribution in [2.45, 2.75) is 136 Å². The number of aromatic nitrogens is 3. The molecule has 2 aromatic heterocycles. The molecule has 0 bridgehead atoms. The third kappa shape index (κ3) is 8.55. The molecule has 3 aliphatic heterocycles. The van der Waals surface area contributed by atoms with Crippen LogP contribution in [0.4, 0.5) is 26.4 Å². The Morgan fingerprint density at radius 3 is 2.41 bits per heavy atom. The van der Waals surface area contributed by atoms with E-state index < -0.39 is 16.8 Å². The normalized spacial score (nSPS) is 21.1. The highest BCUT2D eigenvalue weighted by Gasteiger charge is 2.56. The number of nitrogens with one attached hydrogen (secondary N) is 2. The number of esters is 1. The summed E-state index contributed by atoms with van der Waals surface area (Å²) in [6.45, 7) is 19.6. The molecule has 15 heteroatoms. The third-order valence-corrected chi connectivity index (χ3v) is 13.3. The summed E-state index contributed by atoms with van der Waals surface area (Å²) in [4.78, 5) is 70.2. The number of halogens is 1. The summed E-state index contributed by atoms with van der Waals surface area (Å²) in [6.07, 6.45) is 5.58. The fraction of sp³-hybridized carbons (Fsp3) is 0.551. The van der Waals surface area contributed by atoms with Crippen molar-refractivity contribution in [1.29, 1.82) is 0 Å². The Hall–Kier alpha value is -5.57. The number of rotatable bonds is 10. The van der Waals surface area contributed by atoms with Gasteiger partial charge in [-0.25, -0.2) is 19.2 Å². The van der Waals surface area contributed by atoms with Gasteiger partial charge in [-0.2, -0.15) is 0 Å². The minimum Gasteiger partial charge on any atom is -0.466 e. The van der Waals surface area contributed by atoms with E-state index in [2.05, 4.69) is 15.5 Å². The summed E-state index contributed by atoms with van der Waals surface area (Å²) in [5.74, 6) is -0.682. The van der Waals surface area contributed by atoms with Crippen molar-refractivity contribution >= 4 is 52.1 Å². The number of piperidine rings is 2. The number of benzene rings is 2. The smallest absolute Gasteiger partial charge is 0.410 e. The summed E-state index contributed by atoms with van der Waals surface area (Å²) in [7, 11) is 0. The van der Waals surface area contributed by atoms with Crippen LogP contribution in [0.1, 0.15) is 121 Å². The van der Waals surface area contributed by atoms with Gasteiger partial charge < -0.3 is 34.5 Å². The summed E-state index contributed by atoms with van der Waals surface area (Å²) in [6, 6.07) is 11.0. The molecular formula is C49H63FN8O6. The van der Waals surface area contributed by atoms with Crippen molar-refractivity contribution in [3.05, 3.63) is 65.2 Å². The maximum Gasteiger partial charge on any atom is 0.410 e. The maximum absolute atomic E-state index is 15.8. The highest BCUT2D eigenvalue weighted by atomic mass is 19.1. The number of carbonyl (C=O) groups excluding carboxylic acids is 4. The fourth-order valence-electron chi connectivity index (χ4n) is 10.0. The van der Waals surface area contributed by atoms with Crippen LogP contribution in [-0.2, 0) is 24.5 Å². The maximum atomic E-state index is 15.8. The molecule has 64 heavy (non-hydrogen) atoms. The molecule has 1 saturated carbocycles.